The Morgan fingerprint density at radius 3 is 2.79 bits per heavy atom. The van der Waals surface area contributed by atoms with Crippen LogP contribution in [-0.2, 0) is 11.2 Å². The minimum atomic E-state index is -0.901. The molecule has 3 heteroatoms. The van der Waals surface area contributed by atoms with Gasteiger partial charge in [0.2, 0.25) is 0 Å². The number of carbonyl (C=O) groups excluding carboxylic acids is 1. The summed E-state index contributed by atoms with van der Waals surface area (Å²) in [5, 5.41) is 10.9. The number of fused-ring (bicyclic) bond motifs is 3. The fourth-order valence-corrected chi connectivity index (χ4v) is 2.89. The van der Waals surface area contributed by atoms with Gasteiger partial charge in [-0.25, -0.2) is 0 Å². The number of rotatable bonds is 2. The molecular weight excluding hydrogens is 240 g/mol. The van der Waals surface area contributed by atoms with Crippen LogP contribution in [0.15, 0.2) is 36.4 Å². The fourth-order valence-electron chi connectivity index (χ4n) is 2.89. The summed E-state index contributed by atoms with van der Waals surface area (Å²) in [4.78, 5) is 23.3. The number of hydrogen-bond acceptors (Lipinski definition) is 2. The molecule has 0 aromatic heterocycles. The van der Waals surface area contributed by atoms with Crippen molar-refractivity contribution in [3.05, 3.63) is 47.5 Å². The van der Waals surface area contributed by atoms with Gasteiger partial charge < -0.3 is 5.11 Å². The first-order valence-electron chi connectivity index (χ1n) is 6.43. The maximum absolute atomic E-state index is 12.5. The zero-order valence-corrected chi connectivity index (χ0v) is 10.4. The molecule has 96 valence electrons. The maximum Gasteiger partial charge on any atom is 0.304 e. The van der Waals surface area contributed by atoms with Crippen molar-refractivity contribution in [2.75, 3.05) is 0 Å². The van der Waals surface area contributed by atoms with E-state index >= 15 is 0 Å². The van der Waals surface area contributed by atoms with E-state index in [9.17, 15) is 9.59 Å². The second-order valence-electron chi connectivity index (χ2n) is 5.02. The summed E-state index contributed by atoms with van der Waals surface area (Å²) in [6.45, 7) is 0. The Hall–Kier alpha value is -2.16. The molecule has 0 saturated heterocycles. The number of carboxylic acids is 1. The van der Waals surface area contributed by atoms with Crippen molar-refractivity contribution in [2.24, 2.45) is 5.92 Å². The fraction of sp³-hybridized carbons (Fsp3) is 0.250. The SMILES string of the molecule is O=C(O)CC1CCc2ccc3ccccc3c2C1=O. The lowest BCUT2D eigenvalue weighted by Gasteiger charge is -2.23. The van der Waals surface area contributed by atoms with Gasteiger partial charge in [0.1, 0.15) is 0 Å². The summed E-state index contributed by atoms with van der Waals surface area (Å²) in [6.07, 6.45) is 1.35. The van der Waals surface area contributed by atoms with Crippen LogP contribution in [0.25, 0.3) is 10.8 Å². The van der Waals surface area contributed by atoms with Crippen molar-refractivity contribution < 1.29 is 14.7 Å². The van der Waals surface area contributed by atoms with E-state index in [1.165, 1.54) is 0 Å². The molecule has 1 unspecified atom stereocenters. The van der Waals surface area contributed by atoms with Gasteiger partial charge in [0, 0.05) is 11.5 Å². The molecule has 1 N–H and O–H groups in total. The number of aryl methyl sites for hydroxylation is 1. The average molecular weight is 254 g/mol. The number of ketones is 1. The van der Waals surface area contributed by atoms with Crippen LogP contribution in [0.1, 0.15) is 28.8 Å². The Bertz CT molecular complexity index is 673. The lowest BCUT2D eigenvalue weighted by atomic mass is 9.79. The van der Waals surface area contributed by atoms with Gasteiger partial charge in [-0.15, -0.1) is 0 Å². The van der Waals surface area contributed by atoms with Crippen molar-refractivity contribution in [1.29, 1.82) is 0 Å². The van der Waals surface area contributed by atoms with Crippen LogP contribution >= 0.6 is 0 Å². The normalized spacial score (nSPS) is 18.3. The zero-order chi connectivity index (χ0) is 13.4. The minimum Gasteiger partial charge on any atom is -0.481 e. The molecule has 0 bridgehead atoms. The molecule has 0 radical (unpaired) electrons. The second-order valence-corrected chi connectivity index (χ2v) is 5.02. The van der Waals surface area contributed by atoms with Crippen LogP contribution < -0.4 is 0 Å². The monoisotopic (exact) mass is 254 g/mol. The molecule has 2 aromatic rings. The van der Waals surface area contributed by atoms with Gasteiger partial charge in [-0.1, -0.05) is 36.4 Å². The topological polar surface area (TPSA) is 54.4 Å². The van der Waals surface area contributed by atoms with Crippen LogP contribution in [-0.4, -0.2) is 16.9 Å². The summed E-state index contributed by atoms with van der Waals surface area (Å²) in [5.41, 5.74) is 1.78. The molecule has 0 fully saturated rings. The van der Waals surface area contributed by atoms with Crippen LogP contribution in [0.5, 0.6) is 0 Å². The predicted octanol–water partition coefficient (Wildman–Crippen LogP) is 3.06. The quantitative estimate of drug-likeness (QED) is 0.896. The first-order chi connectivity index (χ1) is 9.16. The van der Waals surface area contributed by atoms with Crippen LogP contribution in [0.4, 0.5) is 0 Å². The van der Waals surface area contributed by atoms with E-state index in [0.29, 0.717) is 6.42 Å². The Morgan fingerprint density at radius 1 is 1.21 bits per heavy atom. The number of aliphatic carboxylic acids is 1. The molecule has 1 aliphatic rings. The second kappa shape index (κ2) is 4.50. The molecule has 1 aliphatic carbocycles. The average Bonchev–Trinajstić information content (AvgIpc) is 2.41. The number of benzene rings is 2. The first kappa shape index (κ1) is 11.9. The third-order valence-electron chi connectivity index (χ3n) is 3.82. The van der Waals surface area contributed by atoms with Gasteiger partial charge in [0.15, 0.2) is 5.78 Å². The lowest BCUT2D eigenvalue weighted by Crippen LogP contribution is -2.25. The molecule has 0 amide bonds. The predicted molar refractivity (Wildman–Crippen MR) is 72.3 cm³/mol. The lowest BCUT2D eigenvalue weighted by molar-refractivity contribution is -0.137. The van der Waals surface area contributed by atoms with Crippen molar-refractivity contribution in [3.8, 4) is 0 Å². The Morgan fingerprint density at radius 2 is 2.00 bits per heavy atom. The van der Waals surface area contributed by atoms with Gasteiger partial charge in [-0.3, -0.25) is 9.59 Å². The van der Waals surface area contributed by atoms with Crippen molar-refractivity contribution in [1.82, 2.24) is 0 Å². The van der Waals surface area contributed by atoms with Crippen molar-refractivity contribution in [3.63, 3.8) is 0 Å². The van der Waals surface area contributed by atoms with Gasteiger partial charge in [0.25, 0.3) is 0 Å². The molecule has 2 aromatic carbocycles. The highest BCUT2D eigenvalue weighted by molar-refractivity contribution is 6.11. The summed E-state index contributed by atoms with van der Waals surface area (Å²) >= 11 is 0. The molecule has 0 spiro atoms. The standard InChI is InChI=1S/C16H14O3/c17-14(18)9-12-8-7-11-6-5-10-3-1-2-4-13(10)15(11)16(12)19/h1-6,12H,7-9H2,(H,17,18). The van der Waals surface area contributed by atoms with E-state index in [0.717, 1.165) is 28.3 Å². The van der Waals surface area contributed by atoms with Crippen LogP contribution in [0.2, 0.25) is 0 Å². The number of hydrogen-bond donors (Lipinski definition) is 1. The highest BCUT2D eigenvalue weighted by Crippen LogP contribution is 2.32. The highest BCUT2D eigenvalue weighted by Gasteiger charge is 2.30. The number of carbonyl (C=O) groups is 2. The Balaban J connectivity index is 2.13. The molecule has 0 saturated carbocycles. The molecule has 0 aliphatic heterocycles. The van der Waals surface area contributed by atoms with Gasteiger partial charge in [-0.05, 0) is 29.2 Å². The maximum atomic E-state index is 12.5. The van der Waals surface area contributed by atoms with E-state index < -0.39 is 5.97 Å². The molecule has 19 heavy (non-hydrogen) atoms. The van der Waals surface area contributed by atoms with Crippen molar-refractivity contribution >= 4 is 22.5 Å². The van der Waals surface area contributed by atoms with E-state index in [1.807, 2.05) is 36.4 Å². The first-order valence-corrected chi connectivity index (χ1v) is 6.43. The molecule has 3 rings (SSSR count). The smallest absolute Gasteiger partial charge is 0.304 e. The number of Topliss-reactive ketones (excluding diaryl/α,β-unsaturated/α-hetero) is 1. The van der Waals surface area contributed by atoms with Crippen LogP contribution in [0, 0.1) is 5.92 Å². The van der Waals surface area contributed by atoms with Gasteiger partial charge in [0.05, 0.1) is 6.42 Å². The Labute approximate surface area is 110 Å². The summed E-state index contributed by atoms with van der Waals surface area (Å²) in [7, 11) is 0. The molecule has 1 atom stereocenters. The van der Waals surface area contributed by atoms with Gasteiger partial charge in [-0.2, -0.15) is 0 Å². The zero-order valence-electron chi connectivity index (χ0n) is 10.4. The van der Waals surface area contributed by atoms with Gasteiger partial charge >= 0.3 is 5.97 Å². The summed E-state index contributed by atoms with van der Waals surface area (Å²) < 4.78 is 0. The van der Waals surface area contributed by atoms with Crippen molar-refractivity contribution in [2.45, 2.75) is 19.3 Å². The van der Waals surface area contributed by atoms with Crippen LogP contribution in [0.3, 0.4) is 0 Å². The van der Waals surface area contributed by atoms with E-state index in [4.69, 9.17) is 5.11 Å². The number of carboxylic acid groups (broad SMARTS) is 1. The minimum absolute atomic E-state index is 0.0135. The highest BCUT2D eigenvalue weighted by atomic mass is 16.4. The van der Waals surface area contributed by atoms with E-state index in [1.54, 1.807) is 0 Å². The Kier molecular flexibility index (Phi) is 2.82. The summed E-state index contributed by atoms with van der Waals surface area (Å²) in [5.74, 6) is -1.29. The third-order valence-corrected chi connectivity index (χ3v) is 3.82. The third kappa shape index (κ3) is 2.01. The van der Waals surface area contributed by atoms with E-state index in [-0.39, 0.29) is 18.1 Å². The summed E-state index contributed by atoms with van der Waals surface area (Å²) in [6, 6.07) is 11.8. The largest absolute Gasteiger partial charge is 0.481 e. The molecule has 0 heterocycles. The molecule has 3 nitrogen and oxygen atoms in total. The van der Waals surface area contributed by atoms with E-state index in [2.05, 4.69) is 0 Å². The molecular formula is C16H14O3.